The fourth-order valence-corrected chi connectivity index (χ4v) is 9.43. The molecule has 4 nitrogen and oxygen atoms in total. The molecule has 0 radical (unpaired) electrons. The van der Waals surface area contributed by atoms with Gasteiger partial charge in [0, 0.05) is 0 Å². The summed E-state index contributed by atoms with van der Waals surface area (Å²) in [6.07, 6.45) is 6.31. The van der Waals surface area contributed by atoms with E-state index in [1.165, 1.54) is 32.1 Å². The van der Waals surface area contributed by atoms with E-state index in [0.29, 0.717) is 35.5 Å². The smallest absolute Gasteiger partial charge is 0.0830 e. The molecule has 0 saturated heterocycles. The molecule has 0 aromatic heterocycles. The van der Waals surface area contributed by atoms with Gasteiger partial charge in [0.2, 0.25) is 0 Å². The molecule has 4 fully saturated rings. The average Bonchev–Trinajstić information content (AvgIpc) is 3.09. The lowest BCUT2D eigenvalue weighted by molar-refractivity contribution is -0.163. The summed E-state index contributed by atoms with van der Waals surface area (Å²) in [4.78, 5) is 0. The highest BCUT2D eigenvalue weighted by atomic mass is 16.3. The number of fused-ring (bicyclic) bond motifs is 5. The highest BCUT2D eigenvalue weighted by molar-refractivity contribution is 5.11. The van der Waals surface area contributed by atoms with Crippen LogP contribution in [-0.2, 0) is 0 Å². The van der Waals surface area contributed by atoms with Crippen LogP contribution in [0.15, 0.2) is 0 Å². The van der Waals surface area contributed by atoms with Crippen LogP contribution in [0.3, 0.4) is 0 Å². The maximum atomic E-state index is 11.2. The summed E-state index contributed by atoms with van der Waals surface area (Å²) in [6, 6.07) is 0. The molecule has 0 bridgehead atoms. The van der Waals surface area contributed by atoms with E-state index >= 15 is 0 Å². The predicted molar refractivity (Wildman–Crippen MR) is 128 cm³/mol. The molecule has 0 aromatic carbocycles. The van der Waals surface area contributed by atoms with Gasteiger partial charge in [-0.1, -0.05) is 41.5 Å². The lowest BCUT2D eigenvalue weighted by atomic mass is 9.44. The van der Waals surface area contributed by atoms with E-state index in [4.69, 9.17) is 0 Å². The van der Waals surface area contributed by atoms with E-state index < -0.39 is 24.4 Å². The Morgan fingerprint density at radius 1 is 0.750 bits per heavy atom. The third-order valence-electron chi connectivity index (χ3n) is 11.9. The van der Waals surface area contributed by atoms with Gasteiger partial charge in [0.25, 0.3) is 0 Å². The summed E-state index contributed by atoms with van der Waals surface area (Å²) in [5.74, 6) is 3.59. The highest BCUT2D eigenvalue weighted by Gasteiger charge is 2.62. The van der Waals surface area contributed by atoms with Gasteiger partial charge in [0.15, 0.2) is 0 Å². The predicted octanol–water partition coefficient (Wildman–Crippen LogP) is 4.63. The van der Waals surface area contributed by atoms with Crippen molar-refractivity contribution in [2.45, 2.75) is 117 Å². The third kappa shape index (κ3) is 3.80. The van der Waals surface area contributed by atoms with Crippen LogP contribution in [0, 0.1) is 58.2 Å². The SMILES string of the molecule is CC(C)[C@H](C)[C@@H](O)[C@H](O)[C@@H](C)[C@H]1CC[C@H]2[C@@H]3CC[C@H]4C[C@H](O)[C@H](O)C[C@]4(C)[C@H]3CC[C@@]12C. The van der Waals surface area contributed by atoms with Gasteiger partial charge in [-0.05, 0) is 110 Å². The second-order valence-electron chi connectivity index (χ2n) is 13.4. The van der Waals surface area contributed by atoms with Gasteiger partial charge in [-0.3, -0.25) is 0 Å². The molecule has 0 amide bonds. The van der Waals surface area contributed by atoms with Crippen molar-refractivity contribution in [2.24, 2.45) is 58.2 Å². The number of aliphatic hydroxyl groups is 4. The van der Waals surface area contributed by atoms with Gasteiger partial charge in [-0.2, -0.15) is 0 Å². The molecular formula is C28H50O4. The van der Waals surface area contributed by atoms with Gasteiger partial charge in [-0.15, -0.1) is 0 Å². The Labute approximate surface area is 196 Å². The lowest BCUT2D eigenvalue weighted by Crippen LogP contribution is -2.57. The van der Waals surface area contributed by atoms with Crippen LogP contribution in [0.1, 0.15) is 92.9 Å². The van der Waals surface area contributed by atoms with Crippen molar-refractivity contribution in [1.29, 1.82) is 0 Å². The molecule has 4 heteroatoms. The van der Waals surface area contributed by atoms with E-state index in [1.807, 2.05) is 0 Å². The summed E-state index contributed by atoms with van der Waals surface area (Å²) < 4.78 is 0. The van der Waals surface area contributed by atoms with Crippen molar-refractivity contribution in [1.82, 2.24) is 0 Å². The molecule has 4 saturated carbocycles. The van der Waals surface area contributed by atoms with Crippen LogP contribution < -0.4 is 0 Å². The Morgan fingerprint density at radius 2 is 1.41 bits per heavy atom. The zero-order valence-corrected chi connectivity index (χ0v) is 21.4. The molecule has 0 unspecified atom stereocenters. The van der Waals surface area contributed by atoms with Crippen molar-refractivity contribution in [3.05, 3.63) is 0 Å². The number of hydrogen-bond acceptors (Lipinski definition) is 4. The van der Waals surface area contributed by atoms with Crippen LogP contribution in [0.25, 0.3) is 0 Å². The van der Waals surface area contributed by atoms with Crippen LogP contribution >= 0.6 is 0 Å². The molecule has 4 aliphatic rings. The molecule has 0 heterocycles. The molecule has 4 rings (SSSR count). The molecule has 0 aliphatic heterocycles. The Hall–Kier alpha value is -0.160. The Kier molecular flexibility index (Phi) is 6.87. The van der Waals surface area contributed by atoms with Gasteiger partial charge in [0.1, 0.15) is 0 Å². The highest BCUT2D eigenvalue weighted by Crippen LogP contribution is 2.68. The Bertz CT molecular complexity index is 666. The van der Waals surface area contributed by atoms with Crippen molar-refractivity contribution in [3.63, 3.8) is 0 Å². The van der Waals surface area contributed by atoms with E-state index in [1.54, 1.807) is 0 Å². The Balaban J connectivity index is 1.52. The van der Waals surface area contributed by atoms with E-state index in [2.05, 4.69) is 41.5 Å². The fourth-order valence-electron chi connectivity index (χ4n) is 9.43. The average molecular weight is 451 g/mol. The summed E-state index contributed by atoms with van der Waals surface area (Å²) in [6.45, 7) is 13.4. The van der Waals surface area contributed by atoms with Crippen molar-refractivity contribution in [3.8, 4) is 0 Å². The lowest BCUT2D eigenvalue weighted by Gasteiger charge is -2.61. The second kappa shape index (κ2) is 8.81. The van der Waals surface area contributed by atoms with Crippen molar-refractivity contribution >= 4 is 0 Å². The largest absolute Gasteiger partial charge is 0.390 e. The van der Waals surface area contributed by atoms with Gasteiger partial charge in [-0.25, -0.2) is 0 Å². The standard InChI is InChI=1S/C28H50O4/c1-15(2)16(3)25(31)26(32)17(4)20-9-10-21-19-8-7-18-13-23(29)24(30)14-28(18,6)22(19)11-12-27(20,21)5/h15-26,29-32H,7-14H2,1-6H3/t16-,17-,18-,19-,20+,21-,22-,23-,24+,25+,26+,27-,28-/m0/s1. The van der Waals surface area contributed by atoms with Gasteiger partial charge in [0.05, 0.1) is 24.4 Å². The first kappa shape index (κ1) is 24.9. The first-order valence-corrected chi connectivity index (χ1v) is 13.6. The molecule has 13 atom stereocenters. The molecule has 4 aliphatic carbocycles. The van der Waals surface area contributed by atoms with Crippen LogP contribution in [-0.4, -0.2) is 44.8 Å². The van der Waals surface area contributed by atoms with Gasteiger partial charge < -0.3 is 20.4 Å². The monoisotopic (exact) mass is 450 g/mol. The van der Waals surface area contributed by atoms with Crippen LogP contribution in [0.4, 0.5) is 0 Å². The minimum atomic E-state index is -0.659. The molecule has 186 valence electrons. The quantitative estimate of drug-likeness (QED) is 0.492. The molecular weight excluding hydrogens is 400 g/mol. The summed E-state index contributed by atoms with van der Waals surface area (Å²) >= 11 is 0. The molecule has 32 heavy (non-hydrogen) atoms. The fraction of sp³-hybridized carbons (Fsp3) is 1.00. The summed E-state index contributed by atoms with van der Waals surface area (Å²) in [5.41, 5.74) is 0.382. The third-order valence-corrected chi connectivity index (χ3v) is 11.9. The van der Waals surface area contributed by atoms with Crippen LogP contribution in [0.5, 0.6) is 0 Å². The van der Waals surface area contributed by atoms with E-state index in [9.17, 15) is 20.4 Å². The van der Waals surface area contributed by atoms with Crippen LogP contribution in [0.2, 0.25) is 0 Å². The van der Waals surface area contributed by atoms with E-state index in [0.717, 1.165) is 19.3 Å². The maximum absolute atomic E-state index is 11.2. The van der Waals surface area contributed by atoms with Gasteiger partial charge >= 0.3 is 0 Å². The number of aliphatic hydroxyl groups excluding tert-OH is 4. The van der Waals surface area contributed by atoms with Crippen molar-refractivity contribution in [2.75, 3.05) is 0 Å². The number of hydrogen-bond donors (Lipinski definition) is 4. The first-order valence-electron chi connectivity index (χ1n) is 13.6. The molecule has 0 aromatic rings. The normalized spacial score (nSPS) is 50.2. The van der Waals surface area contributed by atoms with Crippen molar-refractivity contribution < 1.29 is 20.4 Å². The topological polar surface area (TPSA) is 80.9 Å². The number of rotatable bonds is 5. The Morgan fingerprint density at radius 3 is 2.06 bits per heavy atom. The zero-order valence-electron chi connectivity index (χ0n) is 21.4. The summed E-state index contributed by atoms with van der Waals surface area (Å²) in [5, 5.41) is 42.8. The maximum Gasteiger partial charge on any atom is 0.0830 e. The minimum Gasteiger partial charge on any atom is -0.390 e. The first-order chi connectivity index (χ1) is 14.9. The molecule has 4 N–H and O–H groups in total. The minimum absolute atomic E-state index is 0.0940. The van der Waals surface area contributed by atoms with E-state index in [-0.39, 0.29) is 22.7 Å². The second-order valence-corrected chi connectivity index (χ2v) is 13.4. The molecule has 0 spiro atoms. The summed E-state index contributed by atoms with van der Waals surface area (Å²) in [7, 11) is 0. The zero-order chi connectivity index (χ0) is 23.6.